The van der Waals surface area contributed by atoms with Crippen LogP contribution in [-0.2, 0) is 36.2 Å². The Labute approximate surface area is 244 Å². The standard InChI is InChI=1S/C26H29FN5O10P/c1-16-4-6-18(11-21(16)37-3)42-26(34)39-14-41-43(35,40-12-17-5-7-20(36-2)19(27)10-17)15-38-9-8-32-13-29-22-23(32)30-25(28)31-24(22)33/h4-7,10-11,13H,8-9,12,14-15H2,1-3H3,(H3,28,30,31,33). The Morgan fingerprint density at radius 1 is 1.12 bits per heavy atom. The molecule has 0 aliphatic heterocycles. The number of hydrogen-bond acceptors (Lipinski definition) is 13. The Kier molecular flexibility index (Phi) is 10.3. The van der Waals surface area contributed by atoms with Gasteiger partial charge in [-0.3, -0.25) is 18.9 Å². The molecule has 0 aliphatic rings. The second kappa shape index (κ2) is 14.1. The number of imidazole rings is 1. The first kappa shape index (κ1) is 31.4. The van der Waals surface area contributed by atoms with Crippen LogP contribution in [0.5, 0.6) is 17.2 Å². The number of ether oxygens (including phenoxy) is 5. The van der Waals surface area contributed by atoms with Crippen LogP contribution >= 0.6 is 7.60 Å². The summed E-state index contributed by atoms with van der Waals surface area (Å²) < 4.78 is 65.5. The van der Waals surface area contributed by atoms with Crippen LogP contribution in [0.4, 0.5) is 15.1 Å². The first-order chi connectivity index (χ1) is 20.6. The Morgan fingerprint density at radius 2 is 1.91 bits per heavy atom. The molecule has 1 atom stereocenters. The van der Waals surface area contributed by atoms with Gasteiger partial charge >= 0.3 is 13.8 Å². The number of nitrogen functional groups attached to an aromatic ring is 1. The predicted molar refractivity (Wildman–Crippen MR) is 150 cm³/mol. The molecule has 0 radical (unpaired) electrons. The van der Waals surface area contributed by atoms with Gasteiger partial charge in [-0.15, -0.1) is 0 Å². The summed E-state index contributed by atoms with van der Waals surface area (Å²) in [4.78, 5) is 34.6. The minimum Gasteiger partial charge on any atom is -0.496 e. The Morgan fingerprint density at radius 3 is 2.65 bits per heavy atom. The van der Waals surface area contributed by atoms with Crippen LogP contribution in [0.3, 0.4) is 0 Å². The van der Waals surface area contributed by atoms with E-state index in [-0.39, 0.29) is 48.4 Å². The lowest BCUT2D eigenvalue weighted by atomic mass is 10.2. The van der Waals surface area contributed by atoms with Gasteiger partial charge in [0.1, 0.15) is 17.8 Å². The highest BCUT2D eigenvalue weighted by Gasteiger charge is 2.27. The quantitative estimate of drug-likeness (QED) is 0.0682. The topological polar surface area (TPSA) is 188 Å². The third-order valence-corrected chi connectivity index (χ3v) is 7.39. The van der Waals surface area contributed by atoms with E-state index in [0.29, 0.717) is 11.3 Å². The van der Waals surface area contributed by atoms with E-state index in [2.05, 4.69) is 15.0 Å². The van der Waals surface area contributed by atoms with Gasteiger partial charge in [-0.2, -0.15) is 4.98 Å². The Balaban J connectivity index is 1.37. The molecule has 2 heterocycles. The number of aryl methyl sites for hydroxylation is 1. The summed E-state index contributed by atoms with van der Waals surface area (Å²) in [5.41, 5.74) is 6.60. The molecule has 15 nitrogen and oxygen atoms in total. The molecule has 0 saturated heterocycles. The smallest absolute Gasteiger partial charge is 0.496 e. The fraction of sp³-hybridized carbons (Fsp3) is 0.308. The van der Waals surface area contributed by atoms with Crippen molar-refractivity contribution in [2.24, 2.45) is 0 Å². The number of nitrogens with one attached hydrogen (secondary N) is 1. The molecule has 4 rings (SSSR count). The summed E-state index contributed by atoms with van der Waals surface area (Å²) >= 11 is 0. The number of aromatic nitrogens is 4. The van der Waals surface area contributed by atoms with Gasteiger partial charge in [0.15, 0.2) is 22.7 Å². The van der Waals surface area contributed by atoms with Gasteiger partial charge < -0.3 is 38.5 Å². The van der Waals surface area contributed by atoms with Crippen LogP contribution in [0, 0.1) is 12.7 Å². The van der Waals surface area contributed by atoms with Crippen molar-refractivity contribution < 1.29 is 46.5 Å². The Hall–Kier alpha value is -4.50. The maximum Gasteiger partial charge on any atom is 0.515 e. The number of benzene rings is 2. The number of methoxy groups -OCH3 is 2. The van der Waals surface area contributed by atoms with Crippen molar-refractivity contribution >= 4 is 30.9 Å². The van der Waals surface area contributed by atoms with E-state index in [0.717, 1.165) is 11.6 Å². The summed E-state index contributed by atoms with van der Waals surface area (Å²) in [5, 5.41) is 0. The molecule has 2 aromatic heterocycles. The van der Waals surface area contributed by atoms with E-state index in [4.69, 9.17) is 38.5 Å². The van der Waals surface area contributed by atoms with E-state index in [9.17, 15) is 18.5 Å². The predicted octanol–water partition coefficient (Wildman–Crippen LogP) is 3.74. The molecule has 1 unspecified atom stereocenters. The highest BCUT2D eigenvalue weighted by atomic mass is 31.2. The first-order valence-corrected chi connectivity index (χ1v) is 14.3. The van der Waals surface area contributed by atoms with E-state index < -0.39 is 38.3 Å². The number of hydrogen-bond donors (Lipinski definition) is 2. The molecule has 43 heavy (non-hydrogen) atoms. The number of rotatable bonds is 14. The highest BCUT2D eigenvalue weighted by Crippen LogP contribution is 2.49. The molecule has 230 valence electrons. The van der Waals surface area contributed by atoms with Crippen LogP contribution in [0.1, 0.15) is 11.1 Å². The molecule has 0 spiro atoms. The third kappa shape index (κ3) is 8.29. The monoisotopic (exact) mass is 621 g/mol. The van der Waals surface area contributed by atoms with Gasteiger partial charge in [0.25, 0.3) is 5.56 Å². The number of anilines is 1. The van der Waals surface area contributed by atoms with Crippen molar-refractivity contribution in [1.29, 1.82) is 0 Å². The number of halogens is 1. The lowest BCUT2D eigenvalue weighted by Crippen LogP contribution is -2.15. The molecule has 2 aromatic carbocycles. The number of aromatic amines is 1. The van der Waals surface area contributed by atoms with Crippen LogP contribution in [-0.4, -0.2) is 59.6 Å². The summed E-state index contributed by atoms with van der Waals surface area (Å²) in [6, 6.07) is 8.78. The second-order valence-electron chi connectivity index (χ2n) is 8.83. The molecule has 3 N–H and O–H groups in total. The van der Waals surface area contributed by atoms with Gasteiger partial charge in [0.05, 0.1) is 33.8 Å². The van der Waals surface area contributed by atoms with Crippen LogP contribution in [0.25, 0.3) is 11.2 Å². The SMILES string of the molecule is COc1cc(OC(=O)OCOP(=O)(COCCn2cnc3c(=O)[nH]c(N)nc32)OCc2ccc(OC)c(F)c2)ccc1C. The summed E-state index contributed by atoms with van der Waals surface area (Å²) in [6.45, 7) is 0.801. The van der Waals surface area contributed by atoms with E-state index in [1.807, 2.05) is 6.92 Å². The zero-order valence-electron chi connectivity index (χ0n) is 23.4. The van der Waals surface area contributed by atoms with Crippen molar-refractivity contribution in [3.8, 4) is 17.2 Å². The zero-order chi connectivity index (χ0) is 31.0. The molecular formula is C26H29FN5O10P. The van der Waals surface area contributed by atoms with Gasteiger partial charge in [0.2, 0.25) is 12.7 Å². The van der Waals surface area contributed by atoms with Crippen molar-refractivity contribution in [1.82, 2.24) is 19.5 Å². The molecule has 4 aromatic rings. The minimum absolute atomic E-state index is 0.0230. The average Bonchev–Trinajstić information content (AvgIpc) is 3.38. The summed E-state index contributed by atoms with van der Waals surface area (Å²) in [6.07, 6.45) is -0.324. The number of nitrogens with two attached hydrogens (primary N) is 1. The maximum atomic E-state index is 14.1. The molecule has 17 heteroatoms. The number of fused-ring (bicyclic) bond motifs is 1. The van der Waals surface area contributed by atoms with E-state index in [1.54, 1.807) is 12.1 Å². The molecular weight excluding hydrogens is 592 g/mol. The molecule has 0 amide bonds. The van der Waals surface area contributed by atoms with Gasteiger partial charge in [0, 0.05) is 12.6 Å². The molecule has 0 bridgehead atoms. The number of carbonyl (C=O) groups excluding carboxylic acids is 1. The second-order valence-corrected chi connectivity index (χ2v) is 10.8. The fourth-order valence-electron chi connectivity index (χ4n) is 3.70. The van der Waals surface area contributed by atoms with E-state index >= 15 is 0 Å². The minimum atomic E-state index is -4.09. The lowest BCUT2D eigenvalue weighted by Gasteiger charge is -2.19. The highest BCUT2D eigenvalue weighted by molar-refractivity contribution is 7.53. The number of nitrogens with zero attached hydrogens (tertiary/aromatic N) is 3. The van der Waals surface area contributed by atoms with Gasteiger partial charge in [-0.05, 0) is 36.2 Å². The largest absolute Gasteiger partial charge is 0.515 e. The van der Waals surface area contributed by atoms with Crippen molar-refractivity contribution in [2.75, 3.05) is 39.7 Å². The first-order valence-electron chi connectivity index (χ1n) is 12.6. The van der Waals surface area contributed by atoms with Crippen molar-refractivity contribution in [3.63, 3.8) is 0 Å². The average molecular weight is 622 g/mol. The van der Waals surface area contributed by atoms with Crippen molar-refractivity contribution in [3.05, 3.63) is 70.0 Å². The van der Waals surface area contributed by atoms with Crippen LogP contribution in [0.2, 0.25) is 0 Å². The fourth-order valence-corrected chi connectivity index (χ4v) is 4.84. The third-order valence-electron chi connectivity index (χ3n) is 5.87. The molecule has 0 aliphatic carbocycles. The normalized spacial score (nSPS) is 12.6. The van der Waals surface area contributed by atoms with Gasteiger partial charge in [-0.1, -0.05) is 12.1 Å². The van der Waals surface area contributed by atoms with E-state index in [1.165, 1.54) is 43.3 Å². The Bertz CT molecular complexity index is 1690. The zero-order valence-corrected chi connectivity index (χ0v) is 24.3. The van der Waals surface area contributed by atoms with Gasteiger partial charge in [-0.25, -0.2) is 14.2 Å². The number of carbonyl (C=O) groups is 1. The number of H-pyrrole nitrogens is 1. The lowest BCUT2D eigenvalue weighted by molar-refractivity contribution is 0.0153. The maximum absolute atomic E-state index is 14.1. The van der Waals surface area contributed by atoms with Crippen molar-refractivity contribution in [2.45, 2.75) is 20.1 Å². The summed E-state index contributed by atoms with van der Waals surface area (Å²) in [7, 11) is -1.29. The van der Waals surface area contributed by atoms with Crippen LogP contribution in [0.15, 0.2) is 47.5 Å². The molecule has 0 saturated carbocycles. The summed E-state index contributed by atoms with van der Waals surface area (Å²) in [5.74, 6) is -0.0465. The van der Waals surface area contributed by atoms with Crippen LogP contribution < -0.4 is 25.5 Å². The molecule has 0 fully saturated rings.